The van der Waals surface area contributed by atoms with Crippen molar-refractivity contribution >= 4 is 60.5 Å². The van der Waals surface area contributed by atoms with Gasteiger partial charge in [0.25, 0.3) is 0 Å². The van der Waals surface area contributed by atoms with Gasteiger partial charge in [-0.1, -0.05) is 218 Å². The van der Waals surface area contributed by atoms with Crippen LogP contribution in [0, 0.1) is 0 Å². The summed E-state index contributed by atoms with van der Waals surface area (Å²) in [6.07, 6.45) is 0. The molecule has 2 heteroatoms. The normalized spacial score (nSPS) is 12.6. The molecular weight excluding hydrogens is 859 g/mol. The summed E-state index contributed by atoms with van der Waals surface area (Å²) in [6.45, 7) is 0. The molecule has 0 saturated carbocycles. The van der Waals surface area contributed by atoms with Gasteiger partial charge in [0, 0.05) is 27.7 Å². The fraction of sp³-hybridized carbons (Fsp3) is 0.0145. The van der Waals surface area contributed by atoms with Crippen LogP contribution in [0.25, 0.3) is 88.0 Å². The molecule has 12 aromatic carbocycles. The zero-order valence-electron chi connectivity index (χ0n) is 38.8. The molecule has 0 saturated heterocycles. The molecule has 0 aliphatic heterocycles. The lowest BCUT2D eigenvalue weighted by Gasteiger charge is -2.35. The second-order valence-electron chi connectivity index (χ2n) is 18.7. The molecule has 1 aromatic heterocycles. The topological polar surface area (TPSA) is 16.4 Å². The molecule has 0 fully saturated rings. The molecule has 332 valence electrons. The highest BCUT2D eigenvalue weighted by Crippen LogP contribution is 2.58. The Kier molecular flexibility index (Phi) is 9.47. The minimum Gasteiger partial charge on any atom is -0.456 e. The standard InChI is InChI=1S/C69H45NO/c1-4-18-47(19-5-1)56-39-34-50(62-43-49-20-10-11-25-55(49)57-26-12-13-27-58(57)62)44-66(56)70(53-36-32-46(33-37-53)48-35-41-68-63(42-48)61-29-15-17-31-67(61)71-68)54-38-40-60-59-28-14-16-30-64(59)69(65(60)45-54,51-21-6-2-7-22-51)52-23-8-3-9-24-52/h1-45H. The van der Waals surface area contributed by atoms with Gasteiger partial charge in [-0.25, -0.2) is 0 Å². The molecule has 13 aromatic rings. The molecule has 0 unspecified atom stereocenters. The van der Waals surface area contributed by atoms with Crippen molar-refractivity contribution in [3.05, 3.63) is 295 Å². The smallest absolute Gasteiger partial charge is 0.135 e. The van der Waals surface area contributed by atoms with Gasteiger partial charge >= 0.3 is 0 Å². The molecule has 0 amide bonds. The molecule has 1 heterocycles. The lowest BCUT2D eigenvalue weighted by Crippen LogP contribution is -2.28. The van der Waals surface area contributed by atoms with Gasteiger partial charge < -0.3 is 9.32 Å². The highest BCUT2D eigenvalue weighted by Gasteiger charge is 2.46. The van der Waals surface area contributed by atoms with E-state index < -0.39 is 5.41 Å². The van der Waals surface area contributed by atoms with Crippen LogP contribution in [0.15, 0.2) is 277 Å². The number of anilines is 3. The molecule has 1 aliphatic rings. The Morgan fingerprint density at radius 1 is 0.282 bits per heavy atom. The molecule has 2 nitrogen and oxygen atoms in total. The number of fused-ring (bicyclic) bond motifs is 9. The van der Waals surface area contributed by atoms with Gasteiger partial charge in [-0.15, -0.1) is 0 Å². The summed E-state index contributed by atoms with van der Waals surface area (Å²) < 4.78 is 6.24. The van der Waals surface area contributed by atoms with Crippen LogP contribution in [0.1, 0.15) is 22.3 Å². The number of nitrogens with zero attached hydrogens (tertiary/aromatic N) is 1. The van der Waals surface area contributed by atoms with Gasteiger partial charge in [0.2, 0.25) is 0 Å². The van der Waals surface area contributed by atoms with Crippen molar-refractivity contribution in [1.82, 2.24) is 0 Å². The Morgan fingerprint density at radius 2 is 0.845 bits per heavy atom. The van der Waals surface area contributed by atoms with E-state index >= 15 is 0 Å². The lowest BCUT2D eigenvalue weighted by molar-refractivity contribution is 0.669. The summed E-state index contributed by atoms with van der Waals surface area (Å²) in [7, 11) is 0. The second kappa shape index (κ2) is 16.5. The van der Waals surface area contributed by atoms with E-state index in [9.17, 15) is 0 Å². The monoisotopic (exact) mass is 903 g/mol. The number of para-hydroxylation sites is 1. The Morgan fingerprint density at radius 3 is 1.62 bits per heavy atom. The van der Waals surface area contributed by atoms with Gasteiger partial charge in [-0.05, 0) is 137 Å². The zero-order chi connectivity index (χ0) is 46.9. The van der Waals surface area contributed by atoms with Crippen LogP contribution in [-0.2, 0) is 5.41 Å². The van der Waals surface area contributed by atoms with E-state index in [4.69, 9.17) is 4.42 Å². The third-order valence-corrected chi connectivity index (χ3v) is 14.9. The van der Waals surface area contributed by atoms with E-state index in [0.717, 1.165) is 66.8 Å². The Labute approximate surface area is 413 Å². The number of hydrogen-bond donors (Lipinski definition) is 0. The maximum absolute atomic E-state index is 6.24. The van der Waals surface area contributed by atoms with Crippen molar-refractivity contribution in [2.45, 2.75) is 5.41 Å². The third kappa shape index (κ3) is 6.49. The Balaban J connectivity index is 1.03. The van der Waals surface area contributed by atoms with Crippen molar-refractivity contribution < 1.29 is 4.42 Å². The van der Waals surface area contributed by atoms with Crippen LogP contribution in [-0.4, -0.2) is 0 Å². The summed E-state index contributed by atoms with van der Waals surface area (Å²) in [5.41, 5.74) is 18.9. The van der Waals surface area contributed by atoms with Gasteiger partial charge in [0.05, 0.1) is 11.1 Å². The van der Waals surface area contributed by atoms with Gasteiger partial charge in [-0.3, -0.25) is 0 Å². The first-order chi connectivity index (χ1) is 35.2. The summed E-state index contributed by atoms with van der Waals surface area (Å²) in [5.74, 6) is 0. The van der Waals surface area contributed by atoms with Crippen LogP contribution >= 0.6 is 0 Å². The number of benzene rings is 12. The van der Waals surface area contributed by atoms with Crippen molar-refractivity contribution in [3.63, 3.8) is 0 Å². The first kappa shape index (κ1) is 40.8. The van der Waals surface area contributed by atoms with Crippen LogP contribution in [0.3, 0.4) is 0 Å². The average Bonchev–Trinajstić information content (AvgIpc) is 3.97. The largest absolute Gasteiger partial charge is 0.456 e. The van der Waals surface area contributed by atoms with E-state index in [1.807, 2.05) is 12.1 Å². The predicted molar refractivity (Wildman–Crippen MR) is 297 cm³/mol. The maximum Gasteiger partial charge on any atom is 0.135 e. The molecule has 0 N–H and O–H groups in total. The summed E-state index contributed by atoms with van der Waals surface area (Å²) in [5, 5.41) is 7.21. The highest BCUT2D eigenvalue weighted by atomic mass is 16.3. The SMILES string of the molecule is c1ccc(-c2ccc(-c3cc4ccccc4c4ccccc34)cc2N(c2ccc(-c3ccc4oc5ccccc5c4c3)cc2)c2ccc3c(c2)C(c2ccccc2)(c2ccccc2)c2ccccc2-3)cc1. The van der Waals surface area contributed by atoms with Crippen molar-refractivity contribution in [3.8, 4) is 44.5 Å². The van der Waals surface area contributed by atoms with E-state index in [-0.39, 0.29) is 0 Å². The fourth-order valence-corrected chi connectivity index (χ4v) is 11.7. The quantitative estimate of drug-likeness (QED) is 0.141. The number of hydrogen-bond acceptors (Lipinski definition) is 2. The summed E-state index contributed by atoms with van der Waals surface area (Å²) in [6, 6.07) is 100. The average molecular weight is 904 g/mol. The molecule has 0 radical (unpaired) electrons. The molecule has 14 rings (SSSR count). The molecule has 0 atom stereocenters. The van der Waals surface area contributed by atoms with E-state index in [2.05, 4.69) is 266 Å². The fourth-order valence-electron chi connectivity index (χ4n) is 11.7. The van der Waals surface area contributed by atoms with E-state index in [1.165, 1.54) is 60.5 Å². The number of rotatable bonds is 8. The minimum atomic E-state index is -0.565. The van der Waals surface area contributed by atoms with E-state index in [1.54, 1.807) is 0 Å². The van der Waals surface area contributed by atoms with Gasteiger partial charge in [-0.2, -0.15) is 0 Å². The Hall–Kier alpha value is -9.24. The highest BCUT2D eigenvalue weighted by molar-refractivity contribution is 6.14. The van der Waals surface area contributed by atoms with Crippen molar-refractivity contribution in [2.24, 2.45) is 0 Å². The molecule has 71 heavy (non-hydrogen) atoms. The van der Waals surface area contributed by atoms with Crippen LogP contribution in [0.2, 0.25) is 0 Å². The minimum absolute atomic E-state index is 0.565. The first-order valence-electron chi connectivity index (χ1n) is 24.5. The second-order valence-corrected chi connectivity index (χ2v) is 18.7. The summed E-state index contributed by atoms with van der Waals surface area (Å²) >= 11 is 0. The molecular formula is C69H45NO. The van der Waals surface area contributed by atoms with Crippen LogP contribution in [0.5, 0.6) is 0 Å². The predicted octanol–water partition coefficient (Wildman–Crippen LogP) is 18.7. The maximum atomic E-state index is 6.24. The molecule has 0 bridgehead atoms. The van der Waals surface area contributed by atoms with E-state index in [0.29, 0.717) is 0 Å². The molecule has 1 aliphatic carbocycles. The van der Waals surface area contributed by atoms with Crippen molar-refractivity contribution in [1.29, 1.82) is 0 Å². The van der Waals surface area contributed by atoms with Crippen LogP contribution in [0.4, 0.5) is 17.1 Å². The Bertz CT molecular complexity index is 4110. The third-order valence-electron chi connectivity index (χ3n) is 14.9. The summed E-state index contributed by atoms with van der Waals surface area (Å²) in [4.78, 5) is 2.50. The molecule has 0 spiro atoms. The first-order valence-corrected chi connectivity index (χ1v) is 24.5. The van der Waals surface area contributed by atoms with Gasteiger partial charge in [0.1, 0.15) is 11.2 Å². The van der Waals surface area contributed by atoms with Gasteiger partial charge in [0.15, 0.2) is 0 Å². The number of furan rings is 1. The zero-order valence-corrected chi connectivity index (χ0v) is 38.8. The van der Waals surface area contributed by atoms with Crippen molar-refractivity contribution in [2.75, 3.05) is 4.90 Å². The lowest BCUT2D eigenvalue weighted by atomic mass is 9.67. The van der Waals surface area contributed by atoms with Crippen LogP contribution < -0.4 is 4.90 Å².